The molecular formula is C32H52NO8P. The average Bonchev–Trinajstić information content (AvgIpc) is 2.97. The van der Waals surface area contributed by atoms with Crippen LogP contribution in [-0.2, 0) is 32.7 Å². The fourth-order valence-electron chi connectivity index (χ4n) is 3.16. The Morgan fingerprint density at radius 1 is 0.738 bits per heavy atom. The first-order valence-electron chi connectivity index (χ1n) is 14.9. The van der Waals surface area contributed by atoms with E-state index in [1.54, 1.807) is 0 Å². The molecule has 2 unspecified atom stereocenters. The fourth-order valence-corrected chi connectivity index (χ4v) is 3.93. The van der Waals surface area contributed by atoms with Gasteiger partial charge in [0.2, 0.25) is 0 Å². The van der Waals surface area contributed by atoms with Gasteiger partial charge in [0.25, 0.3) is 0 Å². The number of phosphoric ester groups is 1. The van der Waals surface area contributed by atoms with Gasteiger partial charge in [-0.1, -0.05) is 93.2 Å². The Kier molecular flexibility index (Phi) is 26.8. The molecule has 3 N–H and O–H groups in total. The number of carbonyl (C=O) groups excluding carboxylic acids is 2. The summed E-state index contributed by atoms with van der Waals surface area (Å²) >= 11 is 0. The molecule has 0 aliphatic rings. The van der Waals surface area contributed by atoms with Gasteiger partial charge in [-0.2, -0.15) is 0 Å². The minimum absolute atomic E-state index is 0.0377. The summed E-state index contributed by atoms with van der Waals surface area (Å²) in [7, 11) is -4.37. The van der Waals surface area contributed by atoms with Gasteiger partial charge in [0.15, 0.2) is 6.10 Å². The zero-order valence-corrected chi connectivity index (χ0v) is 26.3. The largest absolute Gasteiger partial charge is 0.472 e. The van der Waals surface area contributed by atoms with E-state index in [9.17, 15) is 19.0 Å². The average molecular weight is 610 g/mol. The number of unbranched alkanes of at least 4 members (excludes halogenated alkanes) is 1. The molecule has 0 amide bonds. The van der Waals surface area contributed by atoms with Crippen molar-refractivity contribution in [1.82, 2.24) is 0 Å². The van der Waals surface area contributed by atoms with Gasteiger partial charge < -0.3 is 20.1 Å². The van der Waals surface area contributed by atoms with Crippen molar-refractivity contribution in [1.29, 1.82) is 0 Å². The molecular weight excluding hydrogens is 557 g/mol. The second-order valence-electron chi connectivity index (χ2n) is 9.24. The number of ether oxygens (including phenoxy) is 2. The molecule has 0 aliphatic carbocycles. The molecule has 0 aromatic rings. The molecule has 0 saturated heterocycles. The van der Waals surface area contributed by atoms with Crippen LogP contribution in [0.3, 0.4) is 0 Å². The molecule has 0 fully saturated rings. The molecule has 0 spiro atoms. The highest BCUT2D eigenvalue weighted by Crippen LogP contribution is 2.43. The van der Waals surface area contributed by atoms with Crippen LogP contribution in [-0.4, -0.2) is 49.3 Å². The summed E-state index contributed by atoms with van der Waals surface area (Å²) in [6, 6.07) is 0. The maximum Gasteiger partial charge on any atom is 0.472 e. The molecule has 238 valence electrons. The highest BCUT2D eigenvalue weighted by molar-refractivity contribution is 7.47. The second-order valence-corrected chi connectivity index (χ2v) is 10.7. The van der Waals surface area contributed by atoms with Gasteiger partial charge in [-0.15, -0.1) is 0 Å². The number of hydrogen-bond acceptors (Lipinski definition) is 8. The Balaban J connectivity index is 4.29. The van der Waals surface area contributed by atoms with Crippen LogP contribution in [0.2, 0.25) is 0 Å². The first kappa shape index (κ1) is 39.5. The van der Waals surface area contributed by atoms with Crippen molar-refractivity contribution in [2.75, 3.05) is 26.4 Å². The first-order valence-corrected chi connectivity index (χ1v) is 16.4. The summed E-state index contributed by atoms with van der Waals surface area (Å²) in [4.78, 5) is 33.8. The van der Waals surface area contributed by atoms with Crippen LogP contribution < -0.4 is 5.73 Å². The summed E-state index contributed by atoms with van der Waals surface area (Å²) in [6.07, 6.45) is 32.2. The Hall–Kier alpha value is -2.55. The van der Waals surface area contributed by atoms with Gasteiger partial charge >= 0.3 is 19.8 Å². The lowest BCUT2D eigenvalue weighted by Gasteiger charge is -2.19. The Labute approximate surface area is 252 Å². The van der Waals surface area contributed by atoms with Crippen molar-refractivity contribution in [3.05, 3.63) is 72.9 Å². The van der Waals surface area contributed by atoms with Crippen molar-refractivity contribution >= 4 is 19.8 Å². The molecule has 10 heteroatoms. The minimum Gasteiger partial charge on any atom is -0.462 e. The van der Waals surface area contributed by atoms with Gasteiger partial charge in [-0.05, 0) is 51.4 Å². The molecule has 0 bridgehead atoms. The molecule has 9 nitrogen and oxygen atoms in total. The van der Waals surface area contributed by atoms with Crippen molar-refractivity contribution < 1.29 is 37.6 Å². The van der Waals surface area contributed by atoms with E-state index in [-0.39, 0.29) is 32.6 Å². The van der Waals surface area contributed by atoms with Crippen LogP contribution in [0, 0.1) is 0 Å². The summed E-state index contributed by atoms with van der Waals surface area (Å²) in [6.45, 7) is 3.19. The highest BCUT2D eigenvalue weighted by Gasteiger charge is 2.25. The Morgan fingerprint density at radius 3 is 1.76 bits per heavy atom. The van der Waals surface area contributed by atoms with Gasteiger partial charge in [0, 0.05) is 19.4 Å². The third-order valence-corrected chi connectivity index (χ3v) is 6.35. The van der Waals surface area contributed by atoms with Crippen molar-refractivity contribution in [2.45, 2.75) is 90.6 Å². The third-order valence-electron chi connectivity index (χ3n) is 5.37. The highest BCUT2D eigenvalue weighted by atomic mass is 31.2. The van der Waals surface area contributed by atoms with Gasteiger partial charge in [-0.25, -0.2) is 4.57 Å². The zero-order valence-electron chi connectivity index (χ0n) is 25.4. The number of allylic oxidation sites excluding steroid dienone is 12. The number of hydrogen-bond donors (Lipinski definition) is 2. The number of carbonyl (C=O) groups is 2. The molecule has 0 radical (unpaired) electrons. The molecule has 42 heavy (non-hydrogen) atoms. The molecule has 0 rings (SSSR count). The molecule has 0 aromatic carbocycles. The number of rotatable bonds is 26. The van der Waals surface area contributed by atoms with Crippen LogP contribution in [0.15, 0.2) is 72.9 Å². The summed E-state index contributed by atoms with van der Waals surface area (Å²) < 4.78 is 31.9. The maximum absolute atomic E-state index is 12.3. The van der Waals surface area contributed by atoms with E-state index in [1.165, 1.54) is 0 Å². The van der Waals surface area contributed by atoms with E-state index in [4.69, 9.17) is 19.7 Å². The fraction of sp³-hybridized carbons (Fsp3) is 0.562. The van der Waals surface area contributed by atoms with Gasteiger partial charge in [0.1, 0.15) is 6.61 Å². The second kappa shape index (κ2) is 28.6. The van der Waals surface area contributed by atoms with Crippen LogP contribution in [0.1, 0.15) is 84.5 Å². The van der Waals surface area contributed by atoms with E-state index in [0.717, 1.165) is 44.9 Å². The summed E-state index contributed by atoms with van der Waals surface area (Å²) in [5.41, 5.74) is 5.26. The number of phosphoric acid groups is 1. The SMILES string of the molecule is CC/C=C\C/C=C\C/C=C\C/C=C\C/C=C\C/C=C\CCC(=O)OC(COC(=O)CCCC)COP(=O)(O)OCCN. The molecule has 0 heterocycles. The lowest BCUT2D eigenvalue weighted by atomic mass is 10.2. The zero-order chi connectivity index (χ0) is 31.2. The van der Waals surface area contributed by atoms with Crippen LogP contribution in [0.25, 0.3) is 0 Å². The van der Waals surface area contributed by atoms with E-state index < -0.39 is 32.5 Å². The maximum atomic E-state index is 12.3. The smallest absolute Gasteiger partial charge is 0.462 e. The Bertz CT molecular complexity index is 923. The minimum atomic E-state index is -4.37. The van der Waals surface area contributed by atoms with Crippen LogP contribution >= 0.6 is 7.82 Å². The molecule has 0 aliphatic heterocycles. The third kappa shape index (κ3) is 27.6. The lowest BCUT2D eigenvalue weighted by molar-refractivity contribution is -0.161. The number of nitrogens with two attached hydrogens (primary N) is 1. The molecule has 0 aromatic heterocycles. The normalized spacial score (nSPS) is 14.7. The van der Waals surface area contributed by atoms with Crippen molar-refractivity contribution in [3.8, 4) is 0 Å². The predicted octanol–water partition coefficient (Wildman–Crippen LogP) is 7.20. The van der Waals surface area contributed by atoms with E-state index >= 15 is 0 Å². The summed E-state index contributed by atoms with van der Waals surface area (Å²) in [5.74, 6) is -0.981. The van der Waals surface area contributed by atoms with Crippen molar-refractivity contribution in [2.24, 2.45) is 5.73 Å². The topological polar surface area (TPSA) is 134 Å². The van der Waals surface area contributed by atoms with Crippen molar-refractivity contribution in [3.63, 3.8) is 0 Å². The first-order chi connectivity index (χ1) is 20.3. The van der Waals surface area contributed by atoms with E-state index in [2.05, 4.69) is 72.2 Å². The Morgan fingerprint density at radius 2 is 1.26 bits per heavy atom. The van der Waals surface area contributed by atoms with E-state index in [0.29, 0.717) is 12.8 Å². The number of esters is 2. The molecule has 0 saturated carbocycles. The monoisotopic (exact) mass is 609 g/mol. The predicted molar refractivity (Wildman–Crippen MR) is 169 cm³/mol. The molecule has 2 atom stereocenters. The van der Waals surface area contributed by atoms with Crippen LogP contribution in [0.5, 0.6) is 0 Å². The van der Waals surface area contributed by atoms with Crippen LogP contribution in [0.4, 0.5) is 0 Å². The standard InChI is InChI=1S/C32H52NO8P/c1-3-5-7-8-9-10-11-12-13-14-15-16-17-18-19-20-21-22-23-25-32(35)41-30(28-38-31(34)24-6-4-2)29-40-42(36,37)39-27-26-33/h5,7,9-10,12-13,15-16,18-19,21-22,30H,3-4,6,8,11,14,17,20,23-29,33H2,1-2H3,(H,36,37)/b7-5-,10-9-,13-12-,16-15-,19-18-,22-21-. The quantitative estimate of drug-likeness (QED) is 0.0593. The van der Waals surface area contributed by atoms with E-state index in [1.807, 2.05) is 19.1 Å². The summed E-state index contributed by atoms with van der Waals surface area (Å²) in [5, 5.41) is 0. The lowest BCUT2D eigenvalue weighted by Crippen LogP contribution is -2.29. The van der Waals surface area contributed by atoms with Gasteiger partial charge in [0.05, 0.1) is 13.2 Å². The van der Waals surface area contributed by atoms with Gasteiger partial charge in [-0.3, -0.25) is 18.6 Å².